The average Bonchev–Trinajstić information content (AvgIpc) is 3.25. The van der Waals surface area contributed by atoms with Crippen molar-refractivity contribution in [1.82, 2.24) is 14.8 Å². The van der Waals surface area contributed by atoms with Crippen molar-refractivity contribution in [1.29, 1.82) is 0 Å². The Morgan fingerprint density at radius 3 is 2.77 bits per heavy atom. The molecule has 0 unspecified atom stereocenters. The number of hydrogen-bond acceptors (Lipinski definition) is 5. The maximum atomic E-state index is 5.20. The van der Waals surface area contributed by atoms with Crippen LogP contribution in [-0.2, 0) is 13.0 Å². The summed E-state index contributed by atoms with van der Waals surface area (Å²) in [5.41, 5.74) is 3.34. The van der Waals surface area contributed by atoms with Gasteiger partial charge in [-0.2, -0.15) is 5.10 Å². The number of methoxy groups -OCH3 is 1. The molecule has 0 spiro atoms. The fourth-order valence-electron chi connectivity index (χ4n) is 2.91. The van der Waals surface area contributed by atoms with Gasteiger partial charge < -0.3 is 10.1 Å². The summed E-state index contributed by atoms with van der Waals surface area (Å²) in [6.45, 7) is 3.96. The quantitative estimate of drug-likeness (QED) is 0.641. The van der Waals surface area contributed by atoms with Gasteiger partial charge in [0.2, 0.25) is 0 Å². The van der Waals surface area contributed by atoms with Crippen LogP contribution in [0.3, 0.4) is 0 Å². The summed E-state index contributed by atoms with van der Waals surface area (Å²) in [6, 6.07) is 10.3. The Morgan fingerprint density at radius 2 is 2.04 bits per heavy atom. The topological polar surface area (TPSA) is 52.0 Å². The van der Waals surface area contributed by atoms with Gasteiger partial charge >= 0.3 is 0 Å². The molecular formula is C20H24N4OS. The summed E-state index contributed by atoms with van der Waals surface area (Å²) in [5.74, 6) is 1.74. The molecule has 1 fully saturated rings. The second-order valence-corrected chi connectivity index (χ2v) is 7.82. The van der Waals surface area contributed by atoms with E-state index < -0.39 is 0 Å². The minimum atomic E-state index is 0.847. The van der Waals surface area contributed by atoms with Crippen molar-refractivity contribution < 1.29 is 4.74 Å². The minimum absolute atomic E-state index is 0.847. The molecule has 1 aromatic carbocycles. The van der Waals surface area contributed by atoms with E-state index in [2.05, 4.69) is 41.6 Å². The zero-order chi connectivity index (χ0) is 17.9. The Bertz CT molecular complexity index is 864. The zero-order valence-electron chi connectivity index (χ0n) is 15.2. The smallest absolute Gasteiger partial charge is 0.183 e. The zero-order valence-corrected chi connectivity index (χ0v) is 16.1. The first-order valence-corrected chi connectivity index (χ1v) is 9.91. The minimum Gasteiger partial charge on any atom is -0.497 e. The molecule has 0 radical (unpaired) electrons. The van der Waals surface area contributed by atoms with Crippen LogP contribution in [0.1, 0.15) is 24.1 Å². The summed E-state index contributed by atoms with van der Waals surface area (Å²) < 4.78 is 7.21. The van der Waals surface area contributed by atoms with E-state index in [1.807, 2.05) is 16.8 Å². The van der Waals surface area contributed by atoms with Crippen LogP contribution in [-0.4, -0.2) is 28.4 Å². The lowest BCUT2D eigenvalue weighted by molar-refractivity contribution is 0.414. The fourth-order valence-corrected chi connectivity index (χ4v) is 3.84. The molecule has 26 heavy (non-hydrogen) atoms. The molecule has 0 saturated heterocycles. The highest BCUT2D eigenvalue weighted by molar-refractivity contribution is 7.19. The highest BCUT2D eigenvalue weighted by atomic mass is 32.1. The van der Waals surface area contributed by atoms with E-state index in [-0.39, 0.29) is 0 Å². The molecule has 1 aliphatic carbocycles. The van der Waals surface area contributed by atoms with Gasteiger partial charge in [0.15, 0.2) is 5.13 Å². The molecule has 0 atom stereocenters. The van der Waals surface area contributed by atoms with Gasteiger partial charge in [0.05, 0.1) is 17.7 Å². The van der Waals surface area contributed by atoms with Crippen molar-refractivity contribution in [2.24, 2.45) is 5.92 Å². The monoisotopic (exact) mass is 368 g/mol. The van der Waals surface area contributed by atoms with Crippen LogP contribution in [0.15, 0.2) is 36.5 Å². The van der Waals surface area contributed by atoms with Gasteiger partial charge in [0, 0.05) is 19.3 Å². The Balaban J connectivity index is 1.38. The molecule has 0 bridgehead atoms. The van der Waals surface area contributed by atoms with Gasteiger partial charge in [-0.05, 0) is 55.9 Å². The van der Waals surface area contributed by atoms with E-state index >= 15 is 0 Å². The van der Waals surface area contributed by atoms with Crippen LogP contribution in [0.4, 0.5) is 5.13 Å². The standard InChI is InChI=1S/C20H24N4OS/c1-14-19(26-20(22-14)21-13-16-3-4-16)18-10-12-24(23-18)11-9-15-5-7-17(25-2)8-6-15/h5-8,10,12,16H,3-4,9,11,13H2,1-2H3,(H,21,22). The number of rotatable bonds is 8. The number of aromatic nitrogens is 3. The number of nitrogens with one attached hydrogen (secondary N) is 1. The molecule has 1 aliphatic rings. The first kappa shape index (κ1) is 17.1. The number of ether oxygens (including phenoxy) is 1. The predicted molar refractivity (Wildman–Crippen MR) is 106 cm³/mol. The first-order chi connectivity index (χ1) is 12.7. The number of hydrogen-bond donors (Lipinski definition) is 1. The number of aryl methyl sites for hydroxylation is 3. The SMILES string of the molecule is COc1ccc(CCn2ccc(-c3sc(NCC4CC4)nc3C)n2)cc1. The highest BCUT2D eigenvalue weighted by Gasteiger charge is 2.21. The molecule has 6 heteroatoms. The molecule has 136 valence electrons. The summed E-state index contributed by atoms with van der Waals surface area (Å²) in [5, 5.41) is 9.22. The molecule has 5 nitrogen and oxygen atoms in total. The normalized spacial score (nSPS) is 13.8. The van der Waals surface area contributed by atoms with E-state index in [9.17, 15) is 0 Å². The molecule has 1 saturated carbocycles. The molecule has 1 N–H and O–H groups in total. The van der Waals surface area contributed by atoms with Gasteiger partial charge in [-0.1, -0.05) is 23.5 Å². The molecule has 2 aromatic heterocycles. The second-order valence-electron chi connectivity index (χ2n) is 6.82. The maximum Gasteiger partial charge on any atom is 0.183 e. The predicted octanol–water partition coefficient (Wildman–Crippen LogP) is 4.39. The summed E-state index contributed by atoms with van der Waals surface area (Å²) in [7, 11) is 1.69. The van der Waals surface area contributed by atoms with Crippen LogP contribution in [0.25, 0.3) is 10.6 Å². The average molecular weight is 369 g/mol. The van der Waals surface area contributed by atoms with Crippen molar-refractivity contribution in [2.45, 2.75) is 32.7 Å². The van der Waals surface area contributed by atoms with Gasteiger partial charge in [0.1, 0.15) is 11.4 Å². The molecule has 4 rings (SSSR count). The van der Waals surface area contributed by atoms with Gasteiger partial charge in [-0.25, -0.2) is 4.98 Å². The molecule has 3 aromatic rings. The third-order valence-electron chi connectivity index (χ3n) is 4.70. The lowest BCUT2D eigenvalue weighted by Gasteiger charge is -2.04. The Labute approximate surface area is 158 Å². The van der Waals surface area contributed by atoms with Crippen molar-refractivity contribution in [3.63, 3.8) is 0 Å². The van der Waals surface area contributed by atoms with E-state index in [1.165, 1.54) is 18.4 Å². The van der Waals surface area contributed by atoms with Crippen LogP contribution in [0, 0.1) is 12.8 Å². The largest absolute Gasteiger partial charge is 0.497 e. The van der Waals surface area contributed by atoms with Crippen LogP contribution in [0.5, 0.6) is 5.75 Å². The number of thiazole rings is 1. The lowest BCUT2D eigenvalue weighted by Crippen LogP contribution is -2.02. The third kappa shape index (κ3) is 4.07. The van der Waals surface area contributed by atoms with E-state index in [0.717, 1.165) is 52.6 Å². The second kappa shape index (κ2) is 7.50. The third-order valence-corrected chi connectivity index (χ3v) is 5.84. The lowest BCUT2D eigenvalue weighted by atomic mass is 10.1. The van der Waals surface area contributed by atoms with Crippen LogP contribution < -0.4 is 10.1 Å². The Kier molecular flexibility index (Phi) is 4.93. The maximum absolute atomic E-state index is 5.20. The van der Waals surface area contributed by atoms with Crippen molar-refractivity contribution in [3.8, 4) is 16.3 Å². The Hall–Kier alpha value is -2.34. The van der Waals surface area contributed by atoms with Gasteiger partial charge in [-0.15, -0.1) is 0 Å². The highest BCUT2D eigenvalue weighted by Crippen LogP contribution is 2.33. The molecular weight excluding hydrogens is 344 g/mol. The van der Waals surface area contributed by atoms with E-state index in [1.54, 1.807) is 18.4 Å². The Morgan fingerprint density at radius 1 is 1.23 bits per heavy atom. The van der Waals surface area contributed by atoms with E-state index in [4.69, 9.17) is 9.84 Å². The number of anilines is 1. The summed E-state index contributed by atoms with van der Waals surface area (Å²) in [4.78, 5) is 5.81. The van der Waals surface area contributed by atoms with Crippen molar-refractivity contribution in [3.05, 3.63) is 47.8 Å². The molecule has 0 aliphatic heterocycles. The van der Waals surface area contributed by atoms with Gasteiger partial charge in [-0.3, -0.25) is 4.68 Å². The first-order valence-electron chi connectivity index (χ1n) is 9.09. The van der Waals surface area contributed by atoms with Crippen LogP contribution >= 0.6 is 11.3 Å². The fraction of sp³-hybridized carbons (Fsp3) is 0.400. The van der Waals surface area contributed by atoms with Crippen LogP contribution in [0.2, 0.25) is 0 Å². The van der Waals surface area contributed by atoms with Gasteiger partial charge in [0.25, 0.3) is 0 Å². The number of nitrogens with zero attached hydrogens (tertiary/aromatic N) is 3. The number of benzene rings is 1. The molecule has 2 heterocycles. The van der Waals surface area contributed by atoms with Crippen molar-refractivity contribution >= 4 is 16.5 Å². The summed E-state index contributed by atoms with van der Waals surface area (Å²) >= 11 is 1.70. The van der Waals surface area contributed by atoms with Crippen molar-refractivity contribution in [2.75, 3.05) is 19.0 Å². The molecule has 0 amide bonds. The van der Waals surface area contributed by atoms with E-state index in [0.29, 0.717) is 0 Å². The summed E-state index contributed by atoms with van der Waals surface area (Å²) in [6.07, 6.45) is 5.70.